The topological polar surface area (TPSA) is 50.9 Å². The smallest absolute Gasteiger partial charge is 0.124 e. The minimum Gasteiger partial charge on any atom is -0.271 e. The van der Waals surface area contributed by atoms with Crippen molar-refractivity contribution in [3.63, 3.8) is 0 Å². The predicted molar refractivity (Wildman–Crippen MR) is 77.1 cm³/mol. The Bertz CT molecular complexity index is 559. The Morgan fingerprint density at radius 1 is 1.42 bits per heavy atom. The van der Waals surface area contributed by atoms with Crippen molar-refractivity contribution in [1.29, 1.82) is 0 Å². The average molecular weight is 345 g/mol. The van der Waals surface area contributed by atoms with Crippen LogP contribution in [-0.4, -0.2) is 4.98 Å². The molecule has 0 amide bonds. The fraction of sp³-hybridized carbons (Fsp3) is 0.154. The van der Waals surface area contributed by atoms with E-state index in [4.69, 9.17) is 17.4 Å². The van der Waals surface area contributed by atoms with Crippen molar-refractivity contribution in [3.05, 3.63) is 63.1 Å². The Hall–Kier alpha value is -1.01. The molecule has 0 spiro atoms. The van der Waals surface area contributed by atoms with Gasteiger partial charge in [0.1, 0.15) is 5.82 Å². The molecule has 100 valence electrons. The van der Waals surface area contributed by atoms with Crippen molar-refractivity contribution < 1.29 is 4.39 Å². The molecule has 0 saturated carbocycles. The zero-order valence-corrected chi connectivity index (χ0v) is 12.2. The summed E-state index contributed by atoms with van der Waals surface area (Å²) in [5, 5.41) is 0.529. The molecule has 19 heavy (non-hydrogen) atoms. The Balaban J connectivity index is 2.26. The monoisotopic (exact) mass is 343 g/mol. The number of aromatic nitrogens is 1. The van der Waals surface area contributed by atoms with Crippen molar-refractivity contribution in [1.82, 2.24) is 10.4 Å². The van der Waals surface area contributed by atoms with Crippen LogP contribution < -0.4 is 11.3 Å². The highest BCUT2D eigenvalue weighted by molar-refractivity contribution is 9.10. The van der Waals surface area contributed by atoms with Gasteiger partial charge < -0.3 is 0 Å². The number of hydrogen-bond acceptors (Lipinski definition) is 3. The summed E-state index contributed by atoms with van der Waals surface area (Å²) in [5.74, 6) is 5.27. The fourth-order valence-corrected chi connectivity index (χ4v) is 2.66. The summed E-state index contributed by atoms with van der Waals surface area (Å²) in [6.07, 6.45) is 3.73. The Morgan fingerprint density at radius 3 is 2.84 bits per heavy atom. The van der Waals surface area contributed by atoms with E-state index in [9.17, 15) is 4.39 Å². The molecule has 0 saturated heterocycles. The second kappa shape index (κ2) is 6.43. The number of nitrogens with one attached hydrogen (secondary N) is 1. The van der Waals surface area contributed by atoms with Crippen molar-refractivity contribution in [2.75, 3.05) is 0 Å². The van der Waals surface area contributed by atoms with Crippen LogP contribution in [0.5, 0.6) is 0 Å². The van der Waals surface area contributed by atoms with Crippen LogP contribution in [0.25, 0.3) is 0 Å². The van der Waals surface area contributed by atoms with E-state index in [0.717, 1.165) is 11.1 Å². The van der Waals surface area contributed by atoms with E-state index in [1.807, 2.05) is 6.07 Å². The first-order chi connectivity index (χ1) is 9.10. The van der Waals surface area contributed by atoms with Crippen LogP contribution in [0.2, 0.25) is 5.02 Å². The zero-order valence-electron chi connectivity index (χ0n) is 9.91. The number of nitrogens with zero attached hydrogens (tertiary/aromatic N) is 1. The normalized spacial score (nSPS) is 12.4. The molecular formula is C13H12BrClFN3. The zero-order chi connectivity index (χ0) is 13.8. The Kier molecular flexibility index (Phi) is 4.87. The van der Waals surface area contributed by atoms with Crippen molar-refractivity contribution in [2.45, 2.75) is 12.5 Å². The predicted octanol–water partition coefficient (Wildman–Crippen LogP) is 3.38. The van der Waals surface area contributed by atoms with Crippen LogP contribution in [-0.2, 0) is 6.42 Å². The number of benzene rings is 1. The van der Waals surface area contributed by atoms with Gasteiger partial charge in [-0.1, -0.05) is 27.5 Å². The highest BCUT2D eigenvalue weighted by atomic mass is 79.9. The SMILES string of the molecule is NNC(Cc1cc(F)cc(Br)c1)c1ccncc1Cl. The summed E-state index contributed by atoms with van der Waals surface area (Å²) in [6.45, 7) is 0. The molecule has 6 heteroatoms. The van der Waals surface area contributed by atoms with Gasteiger partial charge in [-0.3, -0.25) is 16.3 Å². The van der Waals surface area contributed by atoms with E-state index in [0.29, 0.717) is 15.9 Å². The van der Waals surface area contributed by atoms with Gasteiger partial charge in [0.15, 0.2) is 0 Å². The quantitative estimate of drug-likeness (QED) is 0.660. The number of halogens is 3. The highest BCUT2D eigenvalue weighted by Crippen LogP contribution is 2.25. The molecule has 0 aliphatic carbocycles. The van der Waals surface area contributed by atoms with Crippen LogP contribution in [0, 0.1) is 5.82 Å². The lowest BCUT2D eigenvalue weighted by Crippen LogP contribution is -2.29. The first-order valence-corrected chi connectivity index (χ1v) is 6.77. The van der Waals surface area contributed by atoms with Crippen molar-refractivity contribution in [2.24, 2.45) is 5.84 Å². The van der Waals surface area contributed by atoms with Crippen molar-refractivity contribution >= 4 is 27.5 Å². The maximum Gasteiger partial charge on any atom is 0.124 e. The molecule has 3 N–H and O–H groups in total. The van der Waals surface area contributed by atoms with E-state index in [1.54, 1.807) is 18.5 Å². The number of hydrogen-bond donors (Lipinski definition) is 2. The number of rotatable bonds is 4. The second-order valence-electron chi connectivity index (χ2n) is 4.10. The van der Waals surface area contributed by atoms with E-state index in [1.165, 1.54) is 12.1 Å². The second-order valence-corrected chi connectivity index (χ2v) is 5.42. The molecule has 1 unspecified atom stereocenters. The first-order valence-electron chi connectivity index (χ1n) is 5.60. The van der Waals surface area contributed by atoms with E-state index in [2.05, 4.69) is 26.3 Å². The van der Waals surface area contributed by atoms with Gasteiger partial charge in [-0.15, -0.1) is 0 Å². The summed E-state index contributed by atoms with van der Waals surface area (Å²) in [7, 11) is 0. The van der Waals surface area contributed by atoms with Gasteiger partial charge in [-0.05, 0) is 41.8 Å². The van der Waals surface area contributed by atoms with Gasteiger partial charge in [0.05, 0.1) is 11.1 Å². The van der Waals surface area contributed by atoms with Crippen LogP contribution in [0.3, 0.4) is 0 Å². The molecular weight excluding hydrogens is 333 g/mol. The maximum absolute atomic E-state index is 13.3. The van der Waals surface area contributed by atoms with Crippen LogP contribution in [0.1, 0.15) is 17.2 Å². The molecule has 0 aliphatic heterocycles. The molecule has 0 radical (unpaired) electrons. The van der Waals surface area contributed by atoms with Crippen molar-refractivity contribution in [3.8, 4) is 0 Å². The molecule has 1 heterocycles. The fourth-order valence-electron chi connectivity index (χ4n) is 1.89. The molecule has 0 fully saturated rings. The lowest BCUT2D eigenvalue weighted by molar-refractivity contribution is 0.548. The van der Waals surface area contributed by atoms with Crippen LogP contribution >= 0.6 is 27.5 Å². The molecule has 2 rings (SSSR count). The summed E-state index contributed by atoms with van der Waals surface area (Å²) < 4.78 is 14.0. The third-order valence-electron chi connectivity index (χ3n) is 2.74. The number of nitrogens with two attached hydrogens (primary N) is 1. The summed E-state index contributed by atoms with van der Waals surface area (Å²) in [4.78, 5) is 3.93. The van der Waals surface area contributed by atoms with Gasteiger partial charge in [0.25, 0.3) is 0 Å². The lowest BCUT2D eigenvalue weighted by Gasteiger charge is -2.17. The van der Waals surface area contributed by atoms with E-state index < -0.39 is 0 Å². The third kappa shape index (κ3) is 3.73. The first kappa shape index (κ1) is 14.4. The van der Waals surface area contributed by atoms with Gasteiger partial charge in [0, 0.05) is 16.9 Å². The molecule has 0 aliphatic rings. The Labute approximate surface area is 124 Å². The standard InChI is InChI=1S/C13H12BrClFN3/c14-9-3-8(4-10(16)6-9)5-13(19-17)11-1-2-18-7-12(11)15/h1-4,6-7,13,19H,5,17H2. The minimum atomic E-state index is -0.291. The van der Waals surface area contributed by atoms with Crippen LogP contribution in [0.15, 0.2) is 41.1 Å². The third-order valence-corrected chi connectivity index (χ3v) is 3.52. The highest BCUT2D eigenvalue weighted by Gasteiger charge is 2.14. The van der Waals surface area contributed by atoms with Gasteiger partial charge in [0.2, 0.25) is 0 Å². The van der Waals surface area contributed by atoms with Crippen LogP contribution in [0.4, 0.5) is 4.39 Å². The average Bonchev–Trinajstić information content (AvgIpc) is 2.36. The number of hydrazine groups is 1. The maximum atomic E-state index is 13.3. The Morgan fingerprint density at radius 2 is 2.21 bits per heavy atom. The largest absolute Gasteiger partial charge is 0.271 e. The molecule has 0 bridgehead atoms. The molecule has 3 nitrogen and oxygen atoms in total. The molecule has 2 aromatic rings. The number of pyridine rings is 1. The lowest BCUT2D eigenvalue weighted by atomic mass is 10.0. The molecule has 1 atom stereocenters. The molecule has 1 aromatic heterocycles. The summed E-state index contributed by atoms with van der Waals surface area (Å²) >= 11 is 9.35. The van der Waals surface area contributed by atoms with Gasteiger partial charge >= 0.3 is 0 Å². The van der Waals surface area contributed by atoms with E-state index in [-0.39, 0.29) is 11.9 Å². The molecule has 1 aromatic carbocycles. The minimum absolute atomic E-state index is 0.204. The summed E-state index contributed by atoms with van der Waals surface area (Å²) in [5.41, 5.74) is 4.35. The summed E-state index contributed by atoms with van der Waals surface area (Å²) in [6, 6.07) is 6.33. The van der Waals surface area contributed by atoms with Gasteiger partial charge in [-0.2, -0.15) is 0 Å². The van der Waals surface area contributed by atoms with Gasteiger partial charge in [-0.25, -0.2) is 4.39 Å². The van der Waals surface area contributed by atoms with E-state index >= 15 is 0 Å².